The van der Waals surface area contributed by atoms with Crippen molar-refractivity contribution in [2.24, 2.45) is 0 Å². The maximum absolute atomic E-state index is 13.7. The first-order valence-corrected chi connectivity index (χ1v) is 5.81. The Morgan fingerprint density at radius 3 is 2.53 bits per heavy atom. The summed E-state index contributed by atoms with van der Waals surface area (Å²) < 4.78 is 13.7. The zero-order valence-electron chi connectivity index (χ0n) is 10.2. The molecule has 0 aliphatic carbocycles. The summed E-state index contributed by atoms with van der Waals surface area (Å²) in [6.07, 6.45) is 3.03. The summed E-state index contributed by atoms with van der Waals surface area (Å²) in [5, 5.41) is 0. The van der Waals surface area contributed by atoms with E-state index >= 15 is 0 Å². The number of hydrogen-bond acceptors (Lipinski definition) is 3. The van der Waals surface area contributed by atoms with Gasteiger partial charge in [-0.3, -0.25) is 4.79 Å². The van der Waals surface area contributed by atoms with Gasteiger partial charge in [-0.2, -0.15) is 0 Å². The number of amides is 1. The highest BCUT2D eigenvalue weighted by Gasteiger charge is 2.19. The molecular weight excluding hydrogens is 221 g/mol. The number of halogens is 1. The Morgan fingerprint density at radius 1 is 1.41 bits per heavy atom. The largest absolute Gasteiger partial charge is 0.381 e. The molecule has 0 spiro atoms. The average molecular weight is 239 g/mol. The molecule has 1 amide bonds. The maximum atomic E-state index is 13.7. The van der Waals surface area contributed by atoms with E-state index < -0.39 is 5.82 Å². The van der Waals surface area contributed by atoms with E-state index in [0.717, 1.165) is 12.8 Å². The van der Waals surface area contributed by atoms with Gasteiger partial charge in [0.05, 0.1) is 5.56 Å². The predicted octanol–water partition coefficient (Wildman–Crippen LogP) is 2.07. The van der Waals surface area contributed by atoms with E-state index in [-0.39, 0.29) is 17.3 Å². The first kappa shape index (κ1) is 13.4. The quantitative estimate of drug-likeness (QED) is 0.855. The number of rotatable bonds is 5. The van der Waals surface area contributed by atoms with Crippen LogP contribution >= 0.6 is 0 Å². The van der Waals surface area contributed by atoms with Crippen molar-refractivity contribution in [2.45, 2.75) is 26.7 Å². The van der Waals surface area contributed by atoms with Crippen molar-refractivity contribution in [1.82, 2.24) is 9.88 Å². The van der Waals surface area contributed by atoms with Gasteiger partial charge in [-0.1, -0.05) is 13.8 Å². The summed E-state index contributed by atoms with van der Waals surface area (Å²) >= 11 is 0. The van der Waals surface area contributed by atoms with E-state index in [0.29, 0.717) is 13.1 Å². The van der Waals surface area contributed by atoms with Gasteiger partial charge in [-0.15, -0.1) is 0 Å². The summed E-state index contributed by atoms with van der Waals surface area (Å²) in [7, 11) is 0. The second-order valence-corrected chi connectivity index (χ2v) is 3.85. The summed E-state index contributed by atoms with van der Waals surface area (Å²) in [4.78, 5) is 17.3. The Morgan fingerprint density at radius 2 is 2.00 bits per heavy atom. The zero-order chi connectivity index (χ0) is 12.8. The summed E-state index contributed by atoms with van der Waals surface area (Å²) in [5.74, 6) is -1.28. The van der Waals surface area contributed by atoms with Gasteiger partial charge >= 0.3 is 0 Å². The van der Waals surface area contributed by atoms with Crippen LogP contribution in [0.25, 0.3) is 0 Å². The van der Waals surface area contributed by atoms with Gasteiger partial charge in [0, 0.05) is 19.3 Å². The smallest absolute Gasteiger partial charge is 0.257 e. The van der Waals surface area contributed by atoms with Gasteiger partial charge in [0.1, 0.15) is 0 Å². The molecule has 0 radical (unpaired) electrons. The third-order valence-corrected chi connectivity index (χ3v) is 2.42. The van der Waals surface area contributed by atoms with Gasteiger partial charge in [-0.05, 0) is 18.9 Å². The third kappa shape index (κ3) is 3.15. The second kappa shape index (κ2) is 6.18. The Balaban J connectivity index is 2.96. The van der Waals surface area contributed by atoms with E-state index in [9.17, 15) is 9.18 Å². The molecule has 1 rings (SSSR count). The molecule has 0 aliphatic rings. The van der Waals surface area contributed by atoms with E-state index in [1.165, 1.54) is 12.3 Å². The molecule has 4 nitrogen and oxygen atoms in total. The van der Waals surface area contributed by atoms with Crippen LogP contribution in [0, 0.1) is 5.82 Å². The number of pyridine rings is 1. The minimum absolute atomic E-state index is 0.000556. The fourth-order valence-corrected chi connectivity index (χ4v) is 1.65. The number of carbonyl (C=O) groups is 1. The first-order chi connectivity index (χ1) is 8.11. The van der Waals surface area contributed by atoms with Crippen LogP contribution in [0.5, 0.6) is 0 Å². The molecule has 0 bridgehead atoms. The highest BCUT2D eigenvalue weighted by atomic mass is 19.1. The minimum atomic E-state index is -0.727. The second-order valence-electron chi connectivity index (χ2n) is 3.85. The number of nitrogens with zero attached hydrogens (tertiary/aromatic N) is 2. The van der Waals surface area contributed by atoms with Crippen LogP contribution in [0.3, 0.4) is 0 Å². The van der Waals surface area contributed by atoms with Gasteiger partial charge in [-0.25, -0.2) is 9.37 Å². The van der Waals surface area contributed by atoms with Gasteiger partial charge in [0.15, 0.2) is 11.6 Å². The lowest BCUT2D eigenvalue weighted by Crippen LogP contribution is -2.33. The SMILES string of the molecule is CCCN(CCC)C(=O)c1ccnc(N)c1F. The molecule has 1 heterocycles. The van der Waals surface area contributed by atoms with Crippen molar-refractivity contribution < 1.29 is 9.18 Å². The van der Waals surface area contributed by atoms with Gasteiger partial charge in [0.2, 0.25) is 0 Å². The average Bonchev–Trinajstić information content (AvgIpc) is 2.31. The highest BCUT2D eigenvalue weighted by molar-refractivity contribution is 5.95. The summed E-state index contributed by atoms with van der Waals surface area (Å²) in [5.41, 5.74) is 5.35. The lowest BCUT2D eigenvalue weighted by molar-refractivity contribution is 0.0751. The molecule has 0 saturated carbocycles. The van der Waals surface area contributed by atoms with Crippen molar-refractivity contribution in [2.75, 3.05) is 18.8 Å². The Labute approximate surface area is 101 Å². The lowest BCUT2D eigenvalue weighted by Gasteiger charge is -2.21. The zero-order valence-corrected chi connectivity index (χ0v) is 10.2. The van der Waals surface area contributed by atoms with Gasteiger partial charge in [0.25, 0.3) is 5.91 Å². The molecule has 1 aromatic rings. The van der Waals surface area contributed by atoms with E-state index in [2.05, 4.69) is 4.98 Å². The standard InChI is InChI=1S/C12H18FN3O/c1-3-7-16(8-4-2)12(17)9-5-6-15-11(14)10(9)13/h5-6H,3-4,7-8H2,1-2H3,(H2,14,15). The van der Waals surface area contributed by atoms with Crippen molar-refractivity contribution in [1.29, 1.82) is 0 Å². The molecular formula is C12H18FN3O. The molecule has 2 N–H and O–H groups in total. The molecule has 1 aromatic heterocycles. The first-order valence-electron chi connectivity index (χ1n) is 5.81. The topological polar surface area (TPSA) is 59.2 Å². The van der Waals surface area contributed by atoms with Crippen LogP contribution in [0.4, 0.5) is 10.2 Å². The van der Waals surface area contributed by atoms with Crippen molar-refractivity contribution >= 4 is 11.7 Å². The number of nitrogen functional groups attached to an aromatic ring is 1. The number of carbonyl (C=O) groups excluding carboxylic acids is 1. The van der Waals surface area contributed by atoms with Crippen LogP contribution in [0.1, 0.15) is 37.0 Å². The van der Waals surface area contributed by atoms with E-state index in [4.69, 9.17) is 5.73 Å². The Hall–Kier alpha value is -1.65. The number of nitrogens with two attached hydrogens (primary N) is 1. The fourth-order valence-electron chi connectivity index (χ4n) is 1.65. The molecule has 0 atom stereocenters. The molecule has 17 heavy (non-hydrogen) atoms. The van der Waals surface area contributed by atoms with Crippen molar-refractivity contribution in [3.05, 3.63) is 23.6 Å². The molecule has 0 unspecified atom stereocenters. The molecule has 0 aliphatic heterocycles. The highest BCUT2D eigenvalue weighted by Crippen LogP contribution is 2.14. The van der Waals surface area contributed by atoms with Crippen LogP contribution < -0.4 is 5.73 Å². The van der Waals surface area contributed by atoms with Gasteiger partial charge < -0.3 is 10.6 Å². The molecule has 0 aromatic carbocycles. The van der Waals surface area contributed by atoms with Crippen LogP contribution in [-0.2, 0) is 0 Å². The van der Waals surface area contributed by atoms with Crippen molar-refractivity contribution in [3.8, 4) is 0 Å². The Bertz CT molecular complexity index is 389. The number of aromatic nitrogens is 1. The predicted molar refractivity (Wildman–Crippen MR) is 65.1 cm³/mol. The van der Waals surface area contributed by atoms with Crippen molar-refractivity contribution in [3.63, 3.8) is 0 Å². The van der Waals surface area contributed by atoms with Crippen LogP contribution in [-0.4, -0.2) is 28.9 Å². The molecule has 94 valence electrons. The minimum Gasteiger partial charge on any atom is -0.381 e. The third-order valence-electron chi connectivity index (χ3n) is 2.42. The Kier molecular flexibility index (Phi) is 4.87. The van der Waals surface area contributed by atoms with E-state index in [1.807, 2.05) is 13.8 Å². The van der Waals surface area contributed by atoms with Crippen LogP contribution in [0.15, 0.2) is 12.3 Å². The lowest BCUT2D eigenvalue weighted by atomic mass is 10.2. The van der Waals surface area contributed by atoms with Crippen LogP contribution in [0.2, 0.25) is 0 Å². The number of hydrogen-bond donors (Lipinski definition) is 1. The molecule has 0 fully saturated rings. The summed E-state index contributed by atoms with van der Waals surface area (Å²) in [6.45, 7) is 5.20. The fraction of sp³-hybridized carbons (Fsp3) is 0.500. The van der Waals surface area contributed by atoms with E-state index in [1.54, 1.807) is 4.90 Å². The molecule has 0 saturated heterocycles. The monoisotopic (exact) mass is 239 g/mol. The normalized spacial score (nSPS) is 10.3. The molecule has 5 heteroatoms. The summed E-state index contributed by atoms with van der Waals surface area (Å²) in [6, 6.07) is 1.37. The maximum Gasteiger partial charge on any atom is 0.257 e. The number of anilines is 1.